The van der Waals surface area contributed by atoms with Crippen molar-refractivity contribution in [2.24, 2.45) is 5.41 Å². The molecule has 19 heavy (non-hydrogen) atoms. The lowest BCUT2D eigenvalue weighted by Gasteiger charge is -2.13. The number of esters is 1. The summed E-state index contributed by atoms with van der Waals surface area (Å²) in [5.41, 5.74) is -0.123. The molecule has 0 aliphatic heterocycles. The summed E-state index contributed by atoms with van der Waals surface area (Å²) in [5.74, 6) is -0.378. The molecule has 110 valence electrons. The Morgan fingerprint density at radius 3 is 2.47 bits per heavy atom. The molecule has 0 radical (unpaired) electrons. The Kier molecular flexibility index (Phi) is 5.51. The van der Waals surface area contributed by atoms with Crippen LogP contribution >= 0.6 is 11.8 Å². The number of nitrogens with one attached hydrogen (secondary N) is 1. The van der Waals surface area contributed by atoms with Gasteiger partial charge in [-0.25, -0.2) is 0 Å². The molecule has 1 saturated carbocycles. The number of hydrogen-bond donors (Lipinski definition) is 1. The highest BCUT2D eigenvalue weighted by Crippen LogP contribution is 2.51. The van der Waals surface area contributed by atoms with Crippen LogP contribution in [0.2, 0.25) is 0 Å². The minimum atomic E-state index is -4.39. The fraction of sp³-hybridized carbons (Fsp3) is 0.818. The Morgan fingerprint density at radius 1 is 1.37 bits per heavy atom. The van der Waals surface area contributed by atoms with Crippen molar-refractivity contribution in [3.05, 3.63) is 0 Å². The Morgan fingerprint density at radius 2 is 2.00 bits per heavy atom. The predicted molar refractivity (Wildman–Crippen MR) is 64.7 cm³/mol. The first kappa shape index (κ1) is 16.1. The van der Waals surface area contributed by atoms with Crippen LogP contribution in [0.15, 0.2) is 0 Å². The minimum absolute atomic E-state index is 0.0288. The van der Waals surface area contributed by atoms with Gasteiger partial charge in [0.15, 0.2) is 0 Å². The Bertz CT molecular complexity index is 343. The molecule has 0 aromatic carbocycles. The third-order valence-electron chi connectivity index (χ3n) is 2.83. The molecule has 1 N–H and O–H groups in total. The van der Waals surface area contributed by atoms with Gasteiger partial charge in [-0.15, -0.1) is 0 Å². The molecule has 0 saturated heterocycles. The fourth-order valence-electron chi connectivity index (χ4n) is 1.54. The third-order valence-corrected chi connectivity index (χ3v) is 4.11. The van der Waals surface area contributed by atoms with E-state index in [9.17, 15) is 22.8 Å². The molecular formula is C11H16F3NO3S. The number of alkyl halides is 3. The van der Waals surface area contributed by atoms with Crippen LogP contribution in [0.3, 0.4) is 0 Å². The van der Waals surface area contributed by atoms with E-state index in [2.05, 4.69) is 4.74 Å². The maximum absolute atomic E-state index is 11.8. The SMILES string of the molecule is COC(=O)CC1(CSCC(=O)NCC(F)(F)F)CC1. The highest BCUT2D eigenvalue weighted by Gasteiger charge is 2.44. The lowest BCUT2D eigenvalue weighted by molar-refractivity contribution is -0.141. The van der Waals surface area contributed by atoms with Gasteiger partial charge < -0.3 is 10.1 Å². The standard InChI is InChI=1S/C11H16F3NO3S/c1-18-9(17)4-10(2-3-10)7-19-5-8(16)15-6-11(12,13)14/h2-7H2,1H3,(H,15,16). The van der Waals surface area contributed by atoms with Gasteiger partial charge in [0, 0.05) is 0 Å². The van der Waals surface area contributed by atoms with Crippen LogP contribution in [0.25, 0.3) is 0 Å². The fourth-order valence-corrected chi connectivity index (χ4v) is 2.75. The topological polar surface area (TPSA) is 55.4 Å². The molecule has 1 amide bonds. The number of thioether (sulfide) groups is 1. The number of methoxy groups -OCH3 is 1. The lowest BCUT2D eigenvalue weighted by Crippen LogP contribution is -2.35. The first-order valence-corrected chi connectivity index (χ1v) is 6.90. The summed E-state index contributed by atoms with van der Waals surface area (Å²) >= 11 is 1.25. The van der Waals surface area contributed by atoms with Crippen molar-refractivity contribution in [3.63, 3.8) is 0 Å². The van der Waals surface area contributed by atoms with Crippen molar-refractivity contribution < 1.29 is 27.5 Å². The number of amides is 1. The van der Waals surface area contributed by atoms with E-state index in [1.807, 2.05) is 0 Å². The Hall–Kier alpha value is -0.920. The summed E-state index contributed by atoms with van der Waals surface area (Å²) in [4.78, 5) is 22.3. The highest BCUT2D eigenvalue weighted by molar-refractivity contribution is 7.99. The molecule has 1 aliphatic rings. The second-order valence-corrected chi connectivity index (χ2v) is 5.62. The molecule has 0 aromatic heterocycles. The van der Waals surface area contributed by atoms with Crippen LogP contribution < -0.4 is 5.32 Å². The van der Waals surface area contributed by atoms with Crippen molar-refractivity contribution in [1.82, 2.24) is 5.32 Å². The van der Waals surface area contributed by atoms with E-state index in [1.54, 1.807) is 5.32 Å². The lowest BCUT2D eigenvalue weighted by atomic mass is 10.1. The molecule has 0 spiro atoms. The normalized spacial score (nSPS) is 16.8. The Labute approximate surface area is 113 Å². The van der Waals surface area contributed by atoms with Gasteiger partial charge in [-0.05, 0) is 24.0 Å². The van der Waals surface area contributed by atoms with Gasteiger partial charge in [0.25, 0.3) is 0 Å². The molecule has 0 unspecified atom stereocenters. The number of hydrogen-bond acceptors (Lipinski definition) is 4. The number of rotatable bonds is 7. The largest absolute Gasteiger partial charge is 0.469 e. The smallest absolute Gasteiger partial charge is 0.405 e. The number of carbonyl (C=O) groups excluding carboxylic acids is 2. The van der Waals surface area contributed by atoms with E-state index in [-0.39, 0.29) is 17.1 Å². The maximum Gasteiger partial charge on any atom is 0.405 e. The first-order valence-electron chi connectivity index (χ1n) is 5.74. The van der Waals surface area contributed by atoms with Gasteiger partial charge >= 0.3 is 12.1 Å². The van der Waals surface area contributed by atoms with Gasteiger partial charge in [0.2, 0.25) is 5.91 Å². The van der Waals surface area contributed by atoms with E-state index in [0.717, 1.165) is 12.8 Å². The van der Waals surface area contributed by atoms with Crippen LogP contribution in [-0.4, -0.2) is 43.2 Å². The zero-order valence-corrected chi connectivity index (χ0v) is 11.3. The van der Waals surface area contributed by atoms with Crippen molar-refractivity contribution in [2.45, 2.75) is 25.4 Å². The summed E-state index contributed by atoms with van der Waals surface area (Å²) in [6.45, 7) is -1.31. The molecule has 0 heterocycles. The summed E-state index contributed by atoms with van der Waals surface area (Å²) in [7, 11) is 1.32. The molecule has 0 aromatic rings. The summed E-state index contributed by atoms with van der Waals surface area (Å²) in [6, 6.07) is 0. The second kappa shape index (κ2) is 6.49. The van der Waals surface area contributed by atoms with Crippen molar-refractivity contribution in [2.75, 3.05) is 25.2 Å². The molecule has 1 aliphatic carbocycles. The summed E-state index contributed by atoms with van der Waals surface area (Å²) < 4.78 is 40.1. The molecule has 4 nitrogen and oxygen atoms in total. The van der Waals surface area contributed by atoms with Crippen molar-refractivity contribution >= 4 is 23.6 Å². The van der Waals surface area contributed by atoms with E-state index in [4.69, 9.17) is 0 Å². The molecule has 0 bridgehead atoms. The van der Waals surface area contributed by atoms with E-state index in [0.29, 0.717) is 12.2 Å². The van der Waals surface area contributed by atoms with Crippen LogP contribution in [0.1, 0.15) is 19.3 Å². The molecule has 0 atom stereocenters. The zero-order chi connectivity index (χ0) is 14.5. The van der Waals surface area contributed by atoms with Gasteiger partial charge in [0.05, 0.1) is 19.3 Å². The minimum Gasteiger partial charge on any atom is -0.469 e. The maximum atomic E-state index is 11.8. The molecule has 1 rings (SSSR count). The predicted octanol–water partition coefficient (Wildman–Crippen LogP) is 1.74. The van der Waals surface area contributed by atoms with Crippen molar-refractivity contribution in [1.29, 1.82) is 0 Å². The number of ether oxygens (including phenoxy) is 1. The van der Waals surface area contributed by atoms with Gasteiger partial charge in [-0.1, -0.05) is 0 Å². The van der Waals surface area contributed by atoms with E-state index in [1.165, 1.54) is 18.9 Å². The van der Waals surface area contributed by atoms with Gasteiger partial charge in [-0.2, -0.15) is 24.9 Å². The van der Waals surface area contributed by atoms with E-state index >= 15 is 0 Å². The van der Waals surface area contributed by atoms with Gasteiger partial charge in [0.1, 0.15) is 6.54 Å². The van der Waals surface area contributed by atoms with Crippen LogP contribution in [-0.2, 0) is 14.3 Å². The molecular weight excluding hydrogens is 283 g/mol. The average molecular weight is 299 g/mol. The average Bonchev–Trinajstić information content (AvgIpc) is 3.05. The zero-order valence-electron chi connectivity index (χ0n) is 10.5. The first-order chi connectivity index (χ1) is 8.76. The number of carbonyl (C=O) groups is 2. The second-order valence-electron chi connectivity index (χ2n) is 4.64. The van der Waals surface area contributed by atoms with Gasteiger partial charge in [-0.3, -0.25) is 9.59 Å². The number of halogens is 3. The van der Waals surface area contributed by atoms with Crippen LogP contribution in [0.4, 0.5) is 13.2 Å². The van der Waals surface area contributed by atoms with Crippen LogP contribution in [0.5, 0.6) is 0 Å². The molecule has 1 fully saturated rings. The molecule has 8 heteroatoms. The summed E-state index contributed by atoms with van der Waals surface area (Å²) in [5, 5.41) is 1.80. The van der Waals surface area contributed by atoms with Crippen LogP contribution in [0, 0.1) is 5.41 Å². The highest BCUT2D eigenvalue weighted by atomic mass is 32.2. The monoisotopic (exact) mass is 299 g/mol. The Balaban J connectivity index is 2.16. The quantitative estimate of drug-likeness (QED) is 0.728. The third kappa shape index (κ3) is 6.70. The van der Waals surface area contributed by atoms with Crippen molar-refractivity contribution in [3.8, 4) is 0 Å². The summed E-state index contributed by atoms with van der Waals surface area (Å²) in [6.07, 6.45) is -2.30. The van der Waals surface area contributed by atoms with E-state index < -0.39 is 18.6 Å².